The minimum absolute atomic E-state index is 0.0635. The van der Waals surface area contributed by atoms with Gasteiger partial charge < -0.3 is 10.4 Å². The van der Waals surface area contributed by atoms with Gasteiger partial charge in [-0.05, 0) is 38.1 Å². The van der Waals surface area contributed by atoms with Crippen LogP contribution in [-0.4, -0.2) is 42.2 Å². The van der Waals surface area contributed by atoms with Crippen LogP contribution in [0.2, 0.25) is 0 Å². The van der Waals surface area contributed by atoms with E-state index in [1.165, 1.54) is 5.56 Å². The molecule has 1 rings (SSSR count). The Kier molecular flexibility index (Phi) is 6.53. The Labute approximate surface area is 115 Å². The normalized spacial score (nSPS) is 12.5. The van der Waals surface area contributed by atoms with Gasteiger partial charge in [0.05, 0.1) is 12.6 Å². The fourth-order valence-corrected chi connectivity index (χ4v) is 2.00. The first kappa shape index (κ1) is 15.7. The van der Waals surface area contributed by atoms with E-state index in [1.54, 1.807) is 11.8 Å². The maximum atomic E-state index is 11.8. The molecule has 0 saturated carbocycles. The smallest absolute Gasteiger partial charge is 0.238 e. The van der Waals surface area contributed by atoms with Crippen molar-refractivity contribution in [2.75, 3.05) is 25.5 Å². The van der Waals surface area contributed by atoms with Crippen LogP contribution in [0.5, 0.6) is 0 Å². The second-order valence-electron chi connectivity index (χ2n) is 5.04. The Morgan fingerprint density at radius 3 is 2.53 bits per heavy atom. The number of anilines is 1. The number of aryl methyl sites for hydroxylation is 1. The lowest BCUT2D eigenvalue weighted by Crippen LogP contribution is -2.34. The molecule has 2 N–H and O–H groups in total. The van der Waals surface area contributed by atoms with Gasteiger partial charge in [-0.15, -0.1) is 0 Å². The maximum Gasteiger partial charge on any atom is 0.238 e. The van der Waals surface area contributed by atoms with Crippen LogP contribution in [0.3, 0.4) is 0 Å². The van der Waals surface area contributed by atoms with Crippen LogP contribution in [-0.2, 0) is 11.2 Å². The van der Waals surface area contributed by atoms with E-state index in [-0.39, 0.29) is 12.5 Å². The number of aliphatic hydroxyl groups is 1. The number of benzene rings is 1. The van der Waals surface area contributed by atoms with E-state index < -0.39 is 6.10 Å². The molecule has 0 aliphatic carbocycles. The summed E-state index contributed by atoms with van der Waals surface area (Å²) in [5.74, 6) is -0.0635. The lowest BCUT2D eigenvalue weighted by atomic mass is 10.1. The van der Waals surface area contributed by atoms with Crippen LogP contribution >= 0.6 is 0 Å². The van der Waals surface area contributed by atoms with Gasteiger partial charge in [0.2, 0.25) is 5.91 Å². The average Bonchev–Trinajstić information content (AvgIpc) is 2.30. The molecule has 0 aliphatic rings. The lowest BCUT2D eigenvalue weighted by molar-refractivity contribution is -0.117. The summed E-state index contributed by atoms with van der Waals surface area (Å²) < 4.78 is 0. The average molecular weight is 264 g/mol. The number of hydrogen-bond acceptors (Lipinski definition) is 3. The van der Waals surface area contributed by atoms with Gasteiger partial charge in [-0.1, -0.05) is 25.5 Å². The third-order valence-corrected chi connectivity index (χ3v) is 2.77. The molecule has 0 aliphatic heterocycles. The highest BCUT2D eigenvalue weighted by atomic mass is 16.3. The molecule has 0 saturated heterocycles. The molecular weight excluding hydrogens is 240 g/mol. The summed E-state index contributed by atoms with van der Waals surface area (Å²) >= 11 is 0. The monoisotopic (exact) mass is 264 g/mol. The highest BCUT2D eigenvalue weighted by Gasteiger charge is 2.08. The highest BCUT2D eigenvalue weighted by Crippen LogP contribution is 2.11. The molecule has 0 spiro atoms. The molecular formula is C15H24N2O2. The number of amides is 1. The van der Waals surface area contributed by atoms with Crippen molar-refractivity contribution in [1.29, 1.82) is 0 Å². The number of rotatable bonds is 7. The van der Waals surface area contributed by atoms with E-state index in [1.807, 2.05) is 31.3 Å². The van der Waals surface area contributed by atoms with Crippen molar-refractivity contribution in [3.05, 3.63) is 29.8 Å². The quantitative estimate of drug-likeness (QED) is 0.790. The number of nitrogens with one attached hydrogen (secondary N) is 1. The van der Waals surface area contributed by atoms with Crippen LogP contribution in [0.15, 0.2) is 24.3 Å². The first-order valence-electron chi connectivity index (χ1n) is 6.76. The third-order valence-electron chi connectivity index (χ3n) is 2.77. The predicted octanol–water partition coefficient (Wildman–Crippen LogP) is 1.89. The predicted molar refractivity (Wildman–Crippen MR) is 78.2 cm³/mol. The molecule has 4 nitrogen and oxygen atoms in total. The van der Waals surface area contributed by atoms with Gasteiger partial charge >= 0.3 is 0 Å². The zero-order valence-electron chi connectivity index (χ0n) is 12.0. The number of hydrogen-bond donors (Lipinski definition) is 2. The van der Waals surface area contributed by atoms with E-state index in [0.717, 1.165) is 18.5 Å². The molecule has 4 heteroatoms. The van der Waals surface area contributed by atoms with Crippen LogP contribution in [0.4, 0.5) is 5.69 Å². The fourth-order valence-electron chi connectivity index (χ4n) is 2.00. The number of likely N-dealkylation sites (N-methyl/N-ethyl adjacent to an activating group) is 1. The summed E-state index contributed by atoms with van der Waals surface area (Å²) in [6.07, 6.45) is 1.76. The van der Waals surface area contributed by atoms with Crippen LogP contribution in [0, 0.1) is 0 Å². The van der Waals surface area contributed by atoms with E-state index >= 15 is 0 Å². The van der Waals surface area contributed by atoms with Crippen LogP contribution in [0.1, 0.15) is 25.8 Å². The number of nitrogens with zero attached hydrogens (tertiary/aromatic N) is 1. The van der Waals surface area contributed by atoms with Crippen molar-refractivity contribution in [2.24, 2.45) is 0 Å². The Bertz CT molecular complexity index is 388. The van der Waals surface area contributed by atoms with Gasteiger partial charge in [0, 0.05) is 12.2 Å². The Morgan fingerprint density at radius 1 is 1.37 bits per heavy atom. The second kappa shape index (κ2) is 7.92. The SMILES string of the molecule is CCCc1ccc(NC(=O)CN(C)CC(C)O)cc1. The van der Waals surface area contributed by atoms with Gasteiger partial charge in [0.1, 0.15) is 0 Å². The minimum atomic E-state index is -0.425. The zero-order valence-corrected chi connectivity index (χ0v) is 12.0. The molecule has 1 unspecified atom stereocenters. The molecule has 0 bridgehead atoms. The first-order valence-corrected chi connectivity index (χ1v) is 6.76. The molecule has 1 atom stereocenters. The zero-order chi connectivity index (χ0) is 14.3. The highest BCUT2D eigenvalue weighted by molar-refractivity contribution is 5.92. The van der Waals surface area contributed by atoms with Crippen molar-refractivity contribution < 1.29 is 9.90 Å². The lowest BCUT2D eigenvalue weighted by Gasteiger charge is -2.17. The molecule has 106 valence electrons. The second-order valence-corrected chi connectivity index (χ2v) is 5.04. The van der Waals surface area contributed by atoms with Crippen molar-refractivity contribution in [2.45, 2.75) is 32.8 Å². The first-order chi connectivity index (χ1) is 9.01. The maximum absolute atomic E-state index is 11.8. The largest absolute Gasteiger partial charge is 0.392 e. The topological polar surface area (TPSA) is 52.6 Å². The fraction of sp³-hybridized carbons (Fsp3) is 0.533. The van der Waals surface area contributed by atoms with Crippen molar-refractivity contribution >= 4 is 11.6 Å². The van der Waals surface area contributed by atoms with Crippen molar-refractivity contribution in [3.8, 4) is 0 Å². The Balaban J connectivity index is 2.43. The standard InChI is InChI=1S/C15H24N2O2/c1-4-5-13-6-8-14(9-7-13)16-15(19)11-17(3)10-12(2)18/h6-9,12,18H,4-5,10-11H2,1-3H3,(H,16,19). The Morgan fingerprint density at radius 2 is 2.00 bits per heavy atom. The molecule has 0 radical (unpaired) electrons. The summed E-state index contributed by atoms with van der Waals surface area (Å²) in [5.41, 5.74) is 2.10. The molecule has 0 heterocycles. The summed E-state index contributed by atoms with van der Waals surface area (Å²) in [5, 5.41) is 12.1. The van der Waals surface area contributed by atoms with Crippen molar-refractivity contribution in [1.82, 2.24) is 4.90 Å². The van der Waals surface area contributed by atoms with Gasteiger partial charge in [-0.25, -0.2) is 0 Å². The molecule has 0 fully saturated rings. The third kappa shape index (κ3) is 6.36. The molecule has 1 amide bonds. The van der Waals surface area contributed by atoms with Crippen molar-refractivity contribution in [3.63, 3.8) is 0 Å². The van der Waals surface area contributed by atoms with Gasteiger partial charge in [-0.2, -0.15) is 0 Å². The van der Waals surface area contributed by atoms with Gasteiger partial charge in [-0.3, -0.25) is 9.69 Å². The minimum Gasteiger partial charge on any atom is -0.392 e. The van der Waals surface area contributed by atoms with E-state index in [4.69, 9.17) is 0 Å². The number of aliphatic hydroxyl groups excluding tert-OH is 1. The molecule has 1 aromatic carbocycles. The van der Waals surface area contributed by atoms with E-state index in [0.29, 0.717) is 6.54 Å². The van der Waals surface area contributed by atoms with Gasteiger partial charge in [0.15, 0.2) is 0 Å². The summed E-state index contributed by atoms with van der Waals surface area (Å²) in [7, 11) is 1.82. The number of carbonyl (C=O) groups is 1. The summed E-state index contributed by atoms with van der Waals surface area (Å²) in [4.78, 5) is 13.6. The molecule has 19 heavy (non-hydrogen) atoms. The number of carbonyl (C=O) groups excluding carboxylic acids is 1. The van der Waals surface area contributed by atoms with E-state index in [2.05, 4.69) is 12.2 Å². The molecule has 1 aromatic rings. The summed E-state index contributed by atoms with van der Waals surface area (Å²) in [6, 6.07) is 7.94. The molecule has 0 aromatic heterocycles. The van der Waals surface area contributed by atoms with Gasteiger partial charge in [0.25, 0.3) is 0 Å². The Hall–Kier alpha value is -1.39. The summed E-state index contributed by atoms with van der Waals surface area (Å²) in [6.45, 7) is 4.62. The van der Waals surface area contributed by atoms with E-state index in [9.17, 15) is 9.90 Å². The van der Waals surface area contributed by atoms with Crippen LogP contribution < -0.4 is 5.32 Å². The van der Waals surface area contributed by atoms with Crippen LogP contribution in [0.25, 0.3) is 0 Å².